The first-order valence-corrected chi connectivity index (χ1v) is 12.3. The van der Waals surface area contributed by atoms with Gasteiger partial charge in [0.15, 0.2) is 5.78 Å². The molecule has 1 N–H and O–H groups in total. The molecule has 4 nitrogen and oxygen atoms in total. The van der Waals surface area contributed by atoms with Gasteiger partial charge in [-0.25, -0.2) is 0 Å². The number of fused-ring (bicyclic) bond motifs is 5. The number of rotatable bonds is 5. The van der Waals surface area contributed by atoms with Gasteiger partial charge in [0.1, 0.15) is 12.6 Å². The smallest absolute Gasteiger partial charge is 0.325 e. The maximum atomic E-state index is 12.7. The maximum absolute atomic E-state index is 12.7. The van der Waals surface area contributed by atoms with Crippen LogP contribution in [0.2, 0.25) is 0 Å². The highest BCUT2D eigenvalue weighted by Gasteiger charge is 2.58. The quantitative estimate of drug-likeness (QED) is 0.634. The summed E-state index contributed by atoms with van der Waals surface area (Å²) in [6.07, 6.45) is 11.8. The Kier molecular flexibility index (Phi) is 5.66. The summed E-state index contributed by atoms with van der Waals surface area (Å²) >= 11 is 0. The third-order valence-corrected chi connectivity index (χ3v) is 9.08. The van der Waals surface area contributed by atoms with Crippen LogP contribution in [0.1, 0.15) is 64.7 Å². The van der Waals surface area contributed by atoms with E-state index in [0.717, 1.165) is 56.0 Å². The predicted octanol–water partition coefficient (Wildman–Crippen LogP) is 5.54. The molecule has 4 aliphatic rings. The van der Waals surface area contributed by atoms with E-state index in [1.165, 1.54) is 24.8 Å². The van der Waals surface area contributed by atoms with Crippen molar-refractivity contribution in [2.24, 2.45) is 29.1 Å². The number of carbonyl (C=O) groups excluding carboxylic acids is 2. The highest BCUT2D eigenvalue weighted by Crippen LogP contribution is 2.63. The van der Waals surface area contributed by atoms with E-state index in [0.29, 0.717) is 17.6 Å². The van der Waals surface area contributed by atoms with Crippen LogP contribution in [0.15, 0.2) is 42.0 Å². The summed E-state index contributed by atoms with van der Waals surface area (Å²) in [6, 6.07) is 9.84. The number of hydrogen-bond acceptors (Lipinski definition) is 4. The Hall–Kier alpha value is -2.10. The molecule has 6 atom stereocenters. The van der Waals surface area contributed by atoms with Gasteiger partial charge in [0.25, 0.3) is 0 Å². The Balaban J connectivity index is 1.27. The van der Waals surface area contributed by atoms with E-state index < -0.39 is 0 Å². The van der Waals surface area contributed by atoms with Crippen LogP contribution in [0.3, 0.4) is 0 Å². The van der Waals surface area contributed by atoms with Crippen molar-refractivity contribution in [2.45, 2.75) is 70.8 Å². The van der Waals surface area contributed by atoms with Gasteiger partial charge in [-0.05, 0) is 93.2 Å². The Morgan fingerprint density at radius 3 is 2.71 bits per heavy atom. The van der Waals surface area contributed by atoms with Gasteiger partial charge in [0, 0.05) is 17.5 Å². The number of allylic oxidation sites excluding steroid dienone is 1. The van der Waals surface area contributed by atoms with Crippen LogP contribution >= 0.6 is 0 Å². The second-order valence-corrected chi connectivity index (χ2v) is 10.2. The number of para-hydroxylation sites is 1. The van der Waals surface area contributed by atoms with Gasteiger partial charge in [-0.2, -0.15) is 0 Å². The number of benzene rings is 1. The monoisotopic (exact) mass is 421 g/mol. The molecule has 5 unspecified atom stereocenters. The minimum Gasteiger partial charge on any atom is -0.460 e. The van der Waals surface area contributed by atoms with Gasteiger partial charge in [0.05, 0.1) is 0 Å². The van der Waals surface area contributed by atoms with Crippen LogP contribution in [-0.2, 0) is 14.3 Å². The zero-order valence-corrected chi connectivity index (χ0v) is 18.6. The summed E-state index contributed by atoms with van der Waals surface area (Å²) in [5.41, 5.74) is 2.54. The van der Waals surface area contributed by atoms with Crippen LogP contribution in [0, 0.1) is 29.1 Å². The van der Waals surface area contributed by atoms with E-state index in [2.05, 4.69) is 12.2 Å². The first kappa shape index (κ1) is 20.8. The largest absolute Gasteiger partial charge is 0.460 e. The molecule has 5 rings (SSSR count). The Morgan fingerprint density at radius 1 is 1.06 bits per heavy atom. The number of hydrogen-bond donors (Lipinski definition) is 1. The molecule has 0 radical (unpaired) electrons. The average Bonchev–Trinajstić information content (AvgIpc) is 3.16. The molecule has 0 saturated heterocycles. The highest BCUT2D eigenvalue weighted by atomic mass is 16.5. The minimum atomic E-state index is -0.135. The first-order valence-electron chi connectivity index (χ1n) is 12.3. The Bertz CT molecular complexity index is 862. The molecule has 0 heterocycles. The molecule has 3 fully saturated rings. The molecular weight excluding hydrogens is 386 g/mol. The Labute approximate surface area is 185 Å². The van der Waals surface area contributed by atoms with Crippen molar-refractivity contribution in [2.75, 3.05) is 11.9 Å². The van der Waals surface area contributed by atoms with E-state index in [-0.39, 0.29) is 24.0 Å². The van der Waals surface area contributed by atoms with Gasteiger partial charge in [-0.15, -0.1) is 0 Å². The van der Waals surface area contributed by atoms with Crippen molar-refractivity contribution < 1.29 is 14.3 Å². The first-order chi connectivity index (χ1) is 15.1. The summed E-state index contributed by atoms with van der Waals surface area (Å²) in [5, 5.41) is 3.19. The van der Waals surface area contributed by atoms with Crippen LogP contribution in [0.4, 0.5) is 5.69 Å². The molecule has 0 spiro atoms. The van der Waals surface area contributed by atoms with Gasteiger partial charge >= 0.3 is 5.97 Å². The van der Waals surface area contributed by atoms with E-state index in [1.807, 2.05) is 36.4 Å². The maximum Gasteiger partial charge on any atom is 0.325 e. The molecule has 4 aliphatic carbocycles. The molecular formula is C27H35NO3. The number of nitrogens with one attached hydrogen (secondary N) is 1. The van der Waals surface area contributed by atoms with Gasteiger partial charge < -0.3 is 10.1 Å². The lowest BCUT2D eigenvalue weighted by molar-refractivity contribution is -0.158. The highest BCUT2D eigenvalue weighted by molar-refractivity contribution is 5.91. The molecule has 4 heteroatoms. The topological polar surface area (TPSA) is 55.4 Å². The van der Waals surface area contributed by atoms with Crippen molar-refractivity contribution in [1.29, 1.82) is 0 Å². The summed E-state index contributed by atoms with van der Waals surface area (Å²) in [7, 11) is 0. The summed E-state index contributed by atoms with van der Waals surface area (Å²) in [5.74, 6) is 2.95. The van der Waals surface area contributed by atoms with E-state index in [4.69, 9.17) is 4.74 Å². The fraction of sp³-hybridized carbons (Fsp3) is 0.630. The van der Waals surface area contributed by atoms with Crippen LogP contribution in [0.5, 0.6) is 0 Å². The lowest BCUT2D eigenvalue weighted by atomic mass is 9.51. The van der Waals surface area contributed by atoms with Crippen molar-refractivity contribution >= 4 is 17.4 Å². The summed E-state index contributed by atoms with van der Waals surface area (Å²) in [4.78, 5) is 24.6. The van der Waals surface area contributed by atoms with E-state index >= 15 is 0 Å². The molecule has 3 saturated carbocycles. The number of anilines is 1. The summed E-state index contributed by atoms with van der Waals surface area (Å²) < 4.78 is 6.14. The fourth-order valence-corrected chi connectivity index (χ4v) is 7.72. The molecule has 0 aromatic heterocycles. The minimum absolute atomic E-state index is 0.0541. The second kappa shape index (κ2) is 8.44. The van der Waals surface area contributed by atoms with Crippen LogP contribution in [0.25, 0.3) is 0 Å². The zero-order chi connectivity index (χ0) is 21.4. The molecule has 0 amide bonds. The van der Waals surface area contributed by atoms with Gasteiger partial charge in [-0.1, -0.05) is 30.7 Å². The average molecular weight is 422 g/mol. The molecule has 1 aromatic carbocycles. The lowest BCUT2D eigenvalue weighted by Crippen LogP contribution is -2.49. The zero-order valence-electron chi connectivity index (χ0n) is 18.6. The van der Waals surface area contributed by atoms with Crippen LogP contribution < -0.4 is 5.32 Å². The van der Waals surface area contributed by atoms with Gasteiger partial charge in [0.2, 0.25) is 0 Å². The molecule has 0 aliphatic heterocycles. The number of esters is 1. The van der Waals surface area contributed by atoms with Crippen molar-refractivity contribution in [3.8, 4) is 0 Å². The third kappa shape index (κ3) is 3.72. The standard InChI is InChI=1S/C27H35NO3/c1-2-27-15-14-22-21-11-9-20(29)16-18(21)8-10-23(22)24(27)12-13-25(27)31-26(30)17-28-19-6-4-3-5-7-19/h3-7,16,21-25,28H,2,8-15,17H2,1H3/t21?,22?,23?,24?,25?,27-/m0/s1. The van der Waals surface area contributed by atoms with Gasteiger partial charge in [-0.3, -0.25) is 9.59 Å². The fourth-order valence-electron chi connectivity index (χ4n) is 7.72. The van der Waals surface area contributed by atoms with Crippen LogP contribution in [-0.4, -0.2) is 24.4 Å². The third-order valence-electron chi connectivity index (χ3n) is 9.08. The summed E-state index contributed by atoms with van der Waals surface area (Å²) in [6.45, 7) is 2.52. The van der Waals surface area contributed by atoms with E-state index in [1.54, 1.807) is 0 Å². The van der Waals surface area contributed by atoms with E-state index in [9.17, 15) is 9.59 Å². The lowest BCUT2D eigenvalue weighted by Gasteiger charge is -2.54. The molecule has 0 bridgehead atoms. The molecule has 31 heavy (non-hydrogen) atoms. The van der Waals surface area contributed by atoms with Crippen molar-refractivity contribution in [3.05, 3.63) is 42.0 Å². The predicted molar refractivity (Wildman–Crippen MR) is 122 cm³/mol. The van der Waals surface area contributed by atoms with Crippen molar-refractivity contribution in [3.63, 3.8) is 0 Å². The molecule has 166 valence electrons. The number of ketones is 1. The Morgan fingerprint density at radius 2 is 1.90 bits per heavy atom. The normalized spacial score (nSPS) is 36.6. The second-order valence-electron chi connectivity index (χ2n) is 10.2. The number of ether oxygens (including phenoxy) is 1. The molecule has 1 aromatic rings. The SMILES string of the molecule is CC[C@]12CCC3C4CCC(=O)C=C4CCC3C1CCC2OC(=O)CNc1ccccc1. The number of carbonyl (C=O) groups is 2. The van der Waals surface area contributed by atoms with Crippen molar-refractivity contribution in [1.82, 2.24) is 0 Å².